The molecule has 0 aromatic rings. The summed E-state index contributed by atoms with van der Waals surface area (Å²) in [6.45, 7) is 9.33. The third-order valence-electron chi connectivity index (χ3n) is 1.34. The van der Waals surface area contributed by atoms with Crippen LogP contribution in [0, 0.1) is 0 Å². The van der Waals surface area contributed by atoms with Gasteiger partial charge in [-0.2, -0.15) is 0 Å². The maximum absolute atomic E-state index is 11.5. The van der Waals surface area contributed by atoms with Crippen LogP contribution in [0.4, 0.5) is 14.4 Å². The number of imide groups is 3. The van der Waals surface area contributed by atoms with E-state index in [4.69, 9.17) is 14.6 Å². The van der Waals surface area contributed by atoms with Crippen LogP contribution < -0.4 is 0 Å². The Hall–Kier alpha value is -1.79. The molecule has 0 aliphatic carbocycles. The second-order valence-corrected chi connectivity index (χ2v) is 5.58. The van der Waals surface area contributed by atoms with Crippen LogP contribution in [0.5, 0.6) is 0 Å². The third kappa shape index (κ3) is 6.07. The van der Waals surface area contributed by atoms with E-state index in [-0.39, 0.29) is 4.90 Å². The van der Waals surface area contributed by atoms with Crippen LogP contribution in [0.1, 0.15) is 41.5 Å². The zero-order valence-electron chi connectivity index (χ0n) is 11.4. The van der Waals surface area contributed by atoms with Crippen molar-refractivity contribution in [2.24, 2.45) is 0 Å². The molecule has 0 aliphatic heterocycles. The fourth-order valence-corrected chi connectivity index (χ4v) is 0.846. The van der Waals surface area contributed by atoms with Crippen molar-refractivity contribution in [1.82, 2.24) is 4.90 Å². The van der Waals surface area contributed by atoms with Gasteiger partial charge in [-0.3, -0.25) is 0 Å². The molecule has 0 radical (unpaired) electrons. The van der Waals surface area contributed by atoms with Crippen LogP contribution in [0.25, 0.3) is 0 Å². The first kappa shape index (κ1) is 16.2. The second-order valence-electron chi connectivity index (χ2n) is 5.58. The van der Waals surface area contributed by atoms with Gasteiger partial charge < -0.3 is 14.6 Å². The highest BCUT2D eigenvalue weighted by Gasteiger charge is 2.36. The lowest BCUT2D eigenvalue weighted by molar-refractivity contribution is 0.00502. The highest BCUT2D eigenvalue weighted by Crippen LogP contribution is 2.14. The molecule has 1 N–H and O–H groups in total. The van der Waals surface area contributed by atoms with E-state index in [1.165, 1.54) is 0 Å². The second kappa shape index (κ2) is 5.24. The van der Waals surface area contributed by atoms with E-state index in [0.29, 0.717) is 0 Å². The third-order valence-corrected chi connectivity index (χ3v) is 1.34. The Morgan fingerprint density at radius 3 is 1.28 bits per heavy atom. The first-order valence-electron chi connectivity index (χ1n) is 5.32. The van der Waals surface area contributed by atoms with Gasteiger partial charge in [0.2, 0.25) is 0 Å². The summed E-state index contributed by atoms with van der Waals surface area (Å²) in [5.74, 6) is 0. The summed E-state index contributed by atoms with van der Waals surface area (Å²) < 4.78 is 9.60. The SMILES string of the molecule is CC(C)(C)OC(=O)N(C(=O)O)C(=O)OC(C)(C)C. The molecule has 0 aromatic heterocycles. The van der Waals surface area contributed by atoms with Crippen LogP contribution in [0.15, 0.2) is 0 Å². The minimum atomic E-state index is -1.75. The smallest absolute Gasteiger partial charge is 0.429 e. The van der Waals surface area contributed by atoms with E-state index in [9.17, 15) is 14.4 Å². The fraction of sp³-hybridized carbons (Fsp3) is 0.727. The molecule has 104 valence electrons. The molecule has 0 spiro atoms. The maximum atomic E-state index is 11.5. The van der Waals surface area contributed by atoms with E-state index < -0.39 is 29.5 Å². The first-order chi connectivity index (χ1) is 7.83. The minimum Gasteiger partial charge on any atom is -0.464 e. The highest BCUT2D eigenvalue weighted by molar-refractivity contribution is 6.03. The number of nitrogens with zero attached hydrogens (tertiary/aromatic N) is 1. The average Bonchev–Trinajstić information content (AvgIpc) is 1.93. The van der Waals surface area contributed by atoms with Gasteiger partial charge in [0.15, 0.2) is 0 Å². The summed E-state index contributed by atoms with van der Waals surface area (Å²) in [4.78, 5) is 33.9. The van der Waals surface area contributed by atoms with Crippen LogP contribution >= 0.6 is 0 Å². The van der Waals surface area contributed by atoms with Gasteiger partial charge in [-0.05, 0) is 41.5 Å². The van der Waals surface area contributed by atoms with E-state index in [1.54, 1.807) is 41.5 Å². The summed E-state index contributed by atoms with van der Waals surface area (Å²) >= 11 is 0. The standard InChI is InChI=1S/C11H19NO6/c1-10(2,3)17-8(15)12(7(13)14)9(16)18-11(4,5)6/h1-6H3,(H,13,14). The molecule has 0 saturated carbocycles. The van der Waals surface area contributed by atoms with Crippen molar-refractivity contribution in [2.75, 3.05) is 0 Å². The van der Waals surface area contributed by atoms with Crippen molar-refractivity contribution >= 4 is 18.3 Å². The van der Waals surface area contributed by atoms with E-state index in [0.717, 1.165) is 0 Å². The molecule has 0 aliphatic rings. The van der Waals surface area contributed by atoms with Crippen molar-refractivity contribution in [3.8, 4) is 0 Å². The van der Waals surface area contributed by atoms with Gasteiger partial charge in [0.1, 0.15) is 11.2 Å². The van der Waals surface area contributed by atoms with Gasteiger partial charge in [-0.25, -0.2) is 14.4 Å². The number of ether oxygens (including phenoxy) is 2. The highest BCUT2D eigenvalue weighted by atomic mass is 16.6. The summed E-state index contributed by atoms with van der Waals surface area (Å²) in [5, 5.41) is 8.83. The number of rotatable bonds is 0. The molecular weight excluding hydrogens is 242 g/mol. The predicted octanol–water partition coefficient (Wildman–Crippen LogP) is 2.84. The zero-order valence-corrected chi connectivity index (χ0v) is 11.4. The molecule has 0 atom stereocenters. The minimum absolute atomic E-state index is 0.101. The quantitative estimate of drug-likeness (QED) is 0.720. The van der Waals surface area contributed by atoms with Crippen LogP contribution in [0.2, 0.25) is 0 Å². The van der Waals surface area contributed by atoms with Crippen LogP contribution in [-0.4, -0.2) is 39.5 Å². The molecule has 7 heteroatoms. The lowest BCUT2D eigenvalue weighted by atomic mass is 10.2. The number of hydrogen-bond donors (Lipinski definition) is 1. The van der Waals surface area contributed by atoms with Gasteiger partial charge in [-0.1, -0.05) is 0 Å². The first-order valence-corrected chi connectivity index (χ1v) is 5.32. The van der Waals surface area contributed by atoms with E-state index >= 15 is 0 Å². The van der Waals surface area contributed by atoms with Crippen molar-refractivity contribution in [2.45, 2.75) is 52.7 Å². The Bertz CT molecular complexity index is 322. The number of amides is 3. The Kier molecular flexibility index (Phi) is 4.72. The average molecular weight is 261 g/mol. The van der Waals surface area contributed by atoms with Crippen molar-refractivity contribution < 1.29 is 29.0 Å². The molecule has 0 unspecified atom stereocenters. The molecule has 0 heterocycles. The monoisotopic (exact) mass is 261 g/mol. The fourth-order valence-electron chi connectivity index (χ4n) is 0.846. The van der Waals surface area contributed by atoms with E-state index in [1.807, 2.05) is 0 Å². The van der Waals surface area contributed by atoms with Crippen LogP contribution in [0.3, 0.4) is 0 Å². The maximum Gasteiger partial charge on any atom is 0.429 e. The molecule has 0 saturated heterocycles. The Balaban J connectivity index is 4.93. The van der Waals surface area contributed by atoms with Crippen molar-refractivity contribution in [1.29, 1.82) is 0 Å². The number of hydrogen-bond acceptors (Lipinski definition) is 5. The molecule has 18 heavy (non-hydrogen) atoms. The van der Waals surface area contributed by atoms with Crippen molar-refractivity contribution in [3.63, 3.8) is 0 Å². The van der Waals surface area contributed by atoms with E-state index in [2.05, 4.69) is 0 Å². The van der Waals surface area contributed by atoms with Crippen LogP contribution in [-0.2, 0) is 9.47 Å². The lowest BCUT2D eigenvalue weighted by Gasteiger charge is -2.26. The molecule has 3 amide bonds. The molecule has 0 fully saturated rings. The number of carbonyl (C=O) groups excluding carboxylic acids is 2. The molecule has 0 aromatic carbocycles. The van der Waals surface area contributed by atoms with Gasteiger partial charge in [0.25, 0.3) is 0 Å². The van der Waals surface area contributed by atoms with Gasteiger partial charge in [0.05, 0.1) is 0 Å². The molecule has 0 bridgehead atoms. The molecule has 0 rings (SSSR count). The van der Waals surface area contributed by atoms with Gasteiger partial charge in [-0.15, -0.1) is 4.90 Å². The molecular formula is C11H19NO6. The number of carboxylic acid groups (broad SMARTS) is 1. The number of carbonyl (C=O) groups is 3. The summed E-state index contributed by atoms with van der Waals surface area (Å²) in [7, 11) is 0. The zero-order chi connectivity index (χ0) is 14.7. The summed E-state index contributed by atoms with van der Waals surface area (Å²) in [6.07, 6.45) is -4.33. The Labute approximate surface area is 106 Å². The van der Waals surface area contributed by atoms with Crippen molar-refractivity contribution in [3.05, 3.63) is 0 Å². The summed E-state index contributed by atoms with van der Waals surface area (Å²) in [5.41, 5.74) is -1.82. The Morgan fingerprint density at radius 2 is 1.11 bits per heavy atom. The summed E-state index contributed by atoms with van der Waals surface area (Å²) in [6, 6.07) is 0. The van der Waals surface area contributed by atoms with Gasteiger partial charge in [0, 0.05) is 0 Å². The molecule has 7 nitrogen and oxygen atoms in total. The lowest BCUT2D eigenvalue weighted by Crippen LogP contribution is -2.46. The normalized spacial score (nSPS) is 11.7. The predicted molar refractivity (Wildman–Crippen MR) is 62.3 cm³/mol. The van der Waals surface area contributed by atoms with Gasteiger partial charge >= 0.3 is 18.3 Å². The largest absolute Gasteiger partial charge is 0.464 e. The Morgan fingerprint density at radius 1 is 0.833 bits per heavy atom. The topological polar surface area (TPSA) is 93.1 Å².